The Morgan fingerprint density at radius 1 is 0.667 bits per heavy atom. The average Bonchev–Trinajstić information content (AvgIpc) is 3.91. The van der Waals surface area contributed by atoms with Crippen LogP contribution in [0, 0.1) is 13.2 Å². The van der Waals surface area contributed by atoms with Gasteiger partial charge in [-0.25, -0.2) is 4.98 Å². The highest BCUT2D eigenvalue weighted by molar-refractivity contribution is 6.09. The molecule has 60 heavy (non-hydrogen) atoms. The summed E-state index contributed by atoms with van der Waals surface area (Å²) in [5, 5.41) is 1.82. The van der Waals surface area contributed by atoms with Crippen LogP contribution >= 0.6 is 0 Å². The first kappa shape index (κ1) is 28.9. The molecule has 0 saturated heterocycles. The number of ether oxygens (including phenoxy) is 1. The van der Waals surface area contributed by atoms with E-state index in [0.29, 0.717) is 23.3 Å². The minimum absolute atomic E-state index is 0.0493. The van der Waals surface area contributed by atoms with Crippen LogP contribution in [0.2, 0.25) is 0 Å². The maximum absolute atomic E-state index is 8.61. The van der Waals surface area contributed by atoms with E-state index in [1.165, 1.54) is 93.3 Å². The van der Waals surface area contributed by atoms with Crippen molar-refractivity contribution in [1.82, 2.24) is 14.1 Å². The lowest BCUT2D eigenvalue weighted by atomic mass is 9.78. The van der Waals surface area contributed by atoms with Gasteiger partial charge in [-0.15, -0.1) is 0 Å². The van der Waals surface area contributed by atoms with Crippen molar-refractivity contribution < 1.29 is 20.3 Å². The number of aromatic nitrogens is 4. The Hall–Kier alpha value is -6.46. The smallest absolute Gasteiger partial charge is 0.269 e. The van der Waals surface area contributed by atoms with Crippen LogP contribution in [-0.2, 0) is 0 Å². The third kappa shape index (κ3) is 6.57. The minimum atomic E-state index is -2.72. The molecule has 3 aromatic heterocycles. The van der Waals surface area contributed by atoms with Crippen molar-refractivity contribution in [2.24, 2.45) is 0 Å². The summed E-state index contributed by atoms with van der Waals surface area (Å²) in [7, 11) is 0. The number of fused-ring (bicyclic) bond motifs is 4. The van der Waals surface area contributed by atoms with Crippen molar-refractivity contribution >= 4 is 32.8 Å². The number of nitrogens with zero attached hydrogens (tertiary/aromatic N) is 4. The molecule has 11 rings (SSSR count). The van der Waals surface area contributed by atoms with Crippen molar-refractivity contribution in [3.8, 4) is 39.8 Å². The Kier molecular flexibility index (Phi) is 7.52. The maximum Gasteiger partial charge on any atom is 0.269 e. The molecule has 0 spiro atoms. The summed E-state index contributed by atoms with van der Waals surface area (Å²) in [6, 6.07) is 36.1. The SMILES string of the molecule is [2H]c1c([2H])c([2H])c(-c2cnc(-n3c4ccccc4c4ccc(Oc5cccc(-n6[c-][n+](-c7c(C8CCCCC8)cccc7C7CCCCC7)c7ccccc76)c5)cc43)cc2C([2H])([2H])[2H])c([2H])c1[2H]. The van der Waals surface area contributed by atoms with Crippen molar-refractivity contribution in [1.29, 1.82) is 0 Å². The number of hydrogen-bond donors (Lipinski definition) is 0. The molecular formula is C55H50N4O. The fourth-order valence-corrected chi connectivity index (χ4v) is 9.97. The topological polar surface area (TPSA) is 35.9 Å². The van der Waals surface area contributed by atoms with Crippen LogP contribution in [0.5, 0.6) is 11.5 Å². The lowest BCUT2D eigenvalue weighted by molar-refractivity contribution is -0.573. The molecule has 9 aromatic rings. The maximum atomic E-state index is 8.61. The highest BCUT2D eigenvalue weighted by atomic mass is 16.5. The van der Waals surface area contributed by atoms with Crippen LogP contribution in [-0.4, -0.2) is 14.1 Å². The number of aryl methyl sites for hydroxylation is 1. The van der Waals surface area contributed by atoms with Gasteiger partial charge in [0.2, 0.25) is 0 Å². The number of benzene rings is 6. The van der Waals surface area contributed by atoms with E-state index < -0.39 is 37.1 Å². The Bertz CT molecular complexity index is 3350. The normalized spacial score (nSPS) is 17.4. The van der Waals surface area contributed by atoms with E-state index >= 15 is 0 Å². The Balaban J connectivity index is 0.999. The second kappa shape index (κ2) is 15.6. The lowest BCUT2D eigenvalue weighted by Gasteiger charge is -2.30. The number of imidazole rings is 1. The average molecular weight is 791 g/mol. The van der Waals surface area contributed by atoms with Gasteiger partial charge in [-0.1, -0.05) is 135 Å². The Morgan fingerprint density at radius 2 is 1.35 bits per heavy atom. The number of para-hydroxylation sites is 4. The van der Waals surface area contributed by atoms with Gasteiger partial charge in [0.15, 0.2) is 0 Å². The minimum Gasteiger partial charge on any atom is -0.458 e. The molecule has 0 N–H and O–H groups in total. The molecule has 0 atom stereocenters. The molecule has 5 heteroatoms. The van der Waals surface area contributed by atoms with E-state index in [1.54, 1.807) is 0 Å². The van der Waals surface area contributed by atoms with E-state index in [1.807, 2.05) is 65.2 Å². The molecule has 0 amide bonds. The fourth-order valence-electron chi connectivity index (χ4n) is 9.97. The molecule has 5 nitrogen and oxygen atoms in total. The predicted octanol–water partition coefficient (Wildman–Crippen LogP) is 14.1. The van der Waals surface area contributed by atoms with Crippen LogP contribution in [0.4, 0.5) is 0 Å². The van der Waals surface area contributed by atoms with Crippen LogP contribution in [0.1, 0.15) is 104 Å². The molecule has 2 aliphatic rings. The standard InChI is InChI=1S/C55H50N4O/c1-38-33-54(56-36-49(38)41-21-9-4-10-22-41)59-50-28-12-11-25-47(50)48-32-31-44(35-53(48)59)60-43-24-15-23-42(34-43)57-37-58(52-30-14-13-29-51(52)57)55-45(39-17-5-2-6-18-39)26-16-27-46(55)40-19-7-3-8-20-40/h4,9-16,21-36,39-40H,2-3,5-8,17-20H2,1H3/i1D3,4D,9D,10D,21D,22D. The van der Waals surface area contributed by atoms with E-state index in [2.05, 4.69) is 64.0 Å². The molecule has 2 saturated carbocycles. The summed E-state index contributed by atoms with van der Waals surface area (Å²) in [5.74, 6) is 2.51. The van der Waals surface area contributed by atoms with Crippen molar-refractivity contribution in [3.63, 3.8) is 0 Å². The molecular weight excluding hydrogens is 733 g/mol. The molecule has 3 heterocycles. The molecule has 0 bridgehead atoms. The van der Waals surface area contributed by atoms with Gasteiger partial charge in [0.1, 0.15) is 17.3 Å². The molecule has 2 fully saturated rings. The second-order valence-corrected chi connectivity index (χ2v) is 16.4. The zero-order chi connectivity index (χ0) is 46.8. The van der Waals surface area contributed by atoms with Gasteiger partial charge in [0, 0.05) is 32.7 Å². The van der Waals surface area contributed by atoms with Crippen LogP contribution in [0.3, 0.4) is 0 Å². The first-order valence-corrected chi connectivity index (χ1v) is 21.4. The molecule has 6 aromatic carbocycles. The third-order valence-electron chi connectivity index (χ3n) is 12.8. The van der Waals surface area contributed by atoms with Crippen LogP contribution < -0.4 is 9.30 Å². The van der Waals surface area contributed by atoms with Crippen molar-refractivity contribution in [2.45, 2.75) is 82.9 Å². The molecule has 0 aliphatic heterocycles. The number of pyridine rings is 1. The summed E-state index contributed by atoms with van der Waals surface area (Å²) >= 11 is 0. The first-order valence-electron chi connectivity index (χ1n) is 25.4. The van der Waals surface area contributed by atoms with Crippen LogP contribution in [0.25, 0.3) is 61.2 Å². The molecule has 0 radical (unpaired) electrons. The Morgan fingerprint density at radius 3 is 2.12 bits per heavy atom. The summed E-state index contributed by atoms with van der Waals surface area (Å²) in [5.41, 5.74) is 8.30. The largest absolute Gasteiger partial charge is 0.458 e. The monoisotopic (exact) mass is 790 g/mol. The number of hydrogen-bond acceptors (Lipinski definition) is 2. The Labute approximate surface area is 363 Å². The van der Waals surface area contributed by atoms with Gasteiger partial charge in [0.25, 0.3) is 6.33 Å². The first-order chi connectivity index (χ1) is 33.0. The van der Waals surface area contributed by atoms with Gasteiger partial charge in [-0.05, 0) is 109 Å². The van der Waals surface area contributed by atoms with E-state index in [0.717, 1.165) is 38.5 Å². The van der Waals surface area contributed by atoms with Gasteiger partial charge in [-0.2, -0.15) is 0 Å². The van der Waals surface area contributed by atoms with Gasteiger partial charge in [0.05, 0.1) is 40.3 Å². The lowest BCUT2D eigenvalue weighted by Crippen LogP contribution is -2.34. The van der Waals surface area contributed by atoms with Crippen LogP contribution in [0.15, 0.2) is 152 Å². The third-order valence-corrected chi connectivity index (χ3v) is 12.8. The van der Waals surface area contributed by atoms with E-state index in [4.69, 9.17) is 20.7 Å². The summed E-state index contributed by atoms with van der Waals surface area (Å²) < 4.78 is 80.5. The predicted molar refractivity (Wildman–Crippen MR) is 244 cm³/mol. The highest BCUT2D eigenvalue weighted by Crippen LogP contribution is 2.42. The fraction of sp³-hybridized carbons (Fsp3) is 0.236. The van der Waals surface area contributed by atoms with E-state index in [-0.39, 0.29) is 22.5 Å². The second-order valence-electron chi connectivity index (χ2n) is 16.4. The highest BCUT2D eigenvalue weighted by Gasteiger charge is 2.27. The summed E-state index contributed by atoms with van der Waals surface area (Å²) in [6.45, 7) is -2.72. The van der Waals surface area contributed by atoms with Crippen molar-refractivity contribution in [2.75, 3.05) is 0 Å². The quantitative estimate of drug-likeness (QED) is 0.114. The molecule has 0 unspecified atom stereocenters. The van der Waals surface area contributed by atoms with Gasteiger partial charge in [-0.3, -0.25) is 13.7 Å². The van der Waals surface area contributed by atoms with Gasteiger partial charge >= 0.3 is 0 Å². The molecule has 2 aliphatic carbocycles. The summed E-state index contributed by atoms with van der Waals surface area (Å²) in [4.78, 5) is 4.74. The number of rotatable bonds is 8. The zero-order valence-electron chi connectivity index (χ0n) is 41.5. The molecule has 296 valence electrons. The van der Waals surface area contributed by atoms with Crippen molar-refractivity contribution in [3.05, 3.63) is 175 Å². The van der Waals surface area contributed by atoms with Gasteiger partial charge < -0.3 is 4.74 Å². The summed E-state index contributed by atoms with van der Waals surface area (Å²) in [6.07, 6.45) is 17.7. The van der Waals surface area contributed by atoms with E-state index in [9.17, 15) is 0 Å². The zero-order valence-corrected chi connectivity index (χ0v) is 33.5.